The number of ether oxygens (including phenoxy) is 4. The number of allylic oxidation sites excluding steroid dienone is 1. The van der Waals surface area contributed by atoms with Gasteiger partial charge < -0.3 is 24.7 Å². The summed E-state index contributed by atoms with van der Waals surface area (Å²) in [4.78, 5) is 12.5. The Labute approximate surface area is 269 Å². The van der Waals surface area contributed by atoms with Crippen LogP contribution in [0, 0.1) is 11.3 Å². The number of nitrogens with two attached hydrogens (primary N) is 1. The van der Waals surface area contributed by atoms with Crippen molar-refractivity contribution in [3.63, 3.8) is 0 Å². The van der Waals surface area contributed by atoms with Crippen molar-refractivity contribution in [2.24, 2.45) is 5.73 Å². The summed E-state index contributed by atoms with van der Waals surface area (Å²) in [5, 5.41) is 11.6. The molecule has 1 unspecified atom stereocenters. The highest BCUT2D eigenvalue weighted by atomic mass is 35.5. The number of rotatable bonds is 9. The first-order valence-corrected chi connectivity index (χ1v) is 14.6. The van der Waals surface area contributed by atoms with E-state index in [4.69, 9.17) is 59.5 Å². The molecule has 222 valence electrons. The van der Waals surface area contributed by atoms with Gasteiger partial charge in [-0.1, -0.05) is 71.2 Å². The van der Waals surface area contributed by atoms with Crippen molar-refractivity contribution in [3.8, 4) is 29.1 Å². The molecule has 0 spiro atoms. The number of benzene rings is 4. The summed E-state index contributed by atoms with van der Waals surface area (Å²) >= 11 is 18.5. The number of nitrogens with zero attached hydrogens (tertiary/aromatic N) is 1. The maximum Gasteiger partial charge on any atom is 0.336 e. The molecule has 2 N–H and O–H groups in total. The molecule has 4 aromatic carbocycles. The number of halogens is 3. The zero-order chi connectivity index (χ0) is 31.2. The number of hydrogen-bond donors (Lipinski definition) is 1. The molecular weight excluding hydrogens is 623 g/mol. The van der Waals surface area contributed by atoms with Crippen LogP contribution in [-0.2, 0) is 11.4 Å². The minimum absolute atomic E-state index is 0.0530. The van der Waals surface area contributed by atoms with Crippen LogP contribution in [0.4, 0.5) is 0 Å². The maximum absolute atomic E-state index is 12.5. The fraction of sp³-hybridized carbons (Fsp3) is 0.118. The molecule has 0 saturated heterocycles. The number of fused-ring (bicyclic) bond motifs is 1. The molecule has 0 bridgehead atoms. The molecule has 0 fully saturated rings. The standard InChI is InChI=1S/C34H25Cl3N2O5/c1-2-41-31-15-21(8-13-29(31)42-19-22-7-10-23(35)16-28(22)37)33-25-12-11-24(17-30(25)44-34(39)26(33)18-38)43-32(40)14-9-20-5-3-4-6-27(20)36/h3-17,33H,2,19,39H2,1H3/b14-9+. The fourth-order valence-electron chi connectivity index (χ4n) is 4.65. The van der Waals surface area contributed by atoms with E-state index in [-0.39, 0.29) is 23.8 Å². The molecule has 4 aromatic rings. The maximum atomic E-state index is 12.5. The van der Waals surface area contributed by atoms with Gasteiger partial charge in [-0.15, -0.1) is 0 Å². The molecule has 7 nitrogen and oxygen atoms in total. The van der Waals surface area contributed by atoms with Crippen LogP contribution in [-0.4, -0.2) is 12.6 Å². The third-order valence-corrected chi connectivity index (χ3v) is 7.64. The molecule has 0 aliphatic carbocycles. The second-order valence-corrected chi connectivity index (χ2v) is 10.8. The van der Waals surface area contributed by atoms with Crippen LogP contribution in [0.3, 0.4) is 0 Å². The lowest BCUT2D eigenvalue weighted by atomic mass is 9.83. The SMILES string of the molecule is CCOc1cc(C2C(C#N)=C(N)Oc3cc(OC(=O)/C=C/c4ccccc4Cl)ccc32)ccc1OCc1ccc(Cl)cc1Cl. The fourth-order valence-corrected chi connectivity index (χ4v) is 5.31. The van der Waals surface area contributed by atoms with Gasteiger partial charge in [-0.05, 0) is 60.5 Å². The first-order chi connectivity index (χ1) is 21.3. The van der Waals surface area contributed by atoms with E-state index in [1.54, 1.807) is 72.8 Å². The van der Waals surface area contributed by atoms with Gasteiger partial charge >= 0.3 is 5.97 Å². The van der Waals surface area contributed by atoms with Gasteiger partial charge in [0.25, 0.3) is 0 Å². The summed E-state index contributed by atoms with van der Waals surface area (Å²) in [5.74, 6) is 0.337. The van der Waals surface area contributed by atoms with Crippen LogP contribution in [0.15, 0.2) is 96.4 Å². The summed E-state index contributed by atoms with van der Waals surface area (Å²) in [6.07, 6.45) is 2.86. The largest absolute Gasteiger partial charge is 0.490 e. The Morgan fingerprint density at radius 2 is 1.80 bits per heavy atom. The molecule has 1 heterocycles. The Bertz CT molecular complexity index is 1830. The van der Waals surface area contributed by atoms with E-state index in [0.29, 0.717) is 50.1 Å². The van der Waals surface area contributed by atoms with E-state index in [0.717, 1.165) is 11.1 Å². The topological polar surface area (TPSA) is 104 Å². The zero-order valence-electron chi connectivity index (χ0n) is 23.4. The lowest BCUT2D eigenvalue weighted by Crippen LogP contribution is -2.21. The Morgan fingerprint density at radius 1 is 0.977 bits per heavy atom. The van der Waals surface area contributed by atoms with Gasteiger partial charge in [0.2, 0.25) is 5.88 Å². The third-order valence-electron chi connectivity index (χ3n) is 6.71. The van der Waals surface area contributed by atoms with Crippen LogP contribution in [0.1, 0.15) is 35.1 Å². The van der Waals surface area contributed by atoms with E-state index in [2.05, 4.69) is 6.07 Å². The minimum atomic E-state index is -0.602. The van der Waals surface area contributed by atoms with E-state index < -0.39 is 11.9 Å². The first-order valence-electron chi connectivity index (χ1n) is 13.5. The van der Waals surface area contributed by atoms with Crippen LogP contribution >= 0.6 is 34.8 Å². The predicted octanol–water partition coefficient (Wildman–Crippen LogP) is 8.46. The number of carbonyl (C=O) groups excluding carboxylic acids is 1. The first kappa shape index (κ1) is 30.8. The van der Waals surface area contributed by atoms with Crippen molar-refractivity contribution in [1.82, 2.24) is 0 Å². The van der Waals surface area contributed by atoms with Crippen LogP contribution in [0.5, 0.6) is 23.0 Å². The number of esters is 1. The second-order valence-electron chi connectivity index (χ2n) is 9.56. The summed E-state index contributed by atoms with van der Waals surface area (Å²) in [6.45, 7) is 2.44. The van der Waals surface area contributed by atoms with E-state index in [1.807, 2.05) is 19.1 Å². The zero-order valence-corrected chi connectivity index (χ0v) is 25.6. The van der Waals surface area contributed by atoms with E-state index in [9.17, 15) is 10.1 Å². The molecule has 1 aliphatic heterocycles. The molecule has 1 aliphatic rings. The summed E-state index contributed by atoms with van der Waals surface area (Å²) in [6, 6.07) is 24.8. The van der Waals surface area contributed by atoms with Crippen LogP contribution in [0.25, 0.3) is 6.08 Å². The summed E-state index contributed by atoms with van der Waals surface area (Å²) in [7, 11) is 0. The van der Waals surface area contributed by atoms with Crippen LogP contribution in [0.2, 0.25) is 15.1 Å². The quantitative estimate of drug-likeness (QED) is 0.110. The second kappa shape index (κ2) is 13.8. The molecular formula is C34H25Cl3N2O5. The highest BCUT2D eigenvalue weighted by Gasteiger charge is 2.32. The molecule has 5 rings (SSSR count). The van der Waals surface area contributed by atoms with Gasteiger partial charge in [-0.3, -0.25) is 0 Å². The van der Waals surface area contributed by atoms with Gasteiger partial charge in [0, 0.05) is 38.3 Å². The van der Waals surface area contributed by atoms with E-state index in [1.165, 1.54) is 6.08 Å². The molecule has 1 atom stereocenters. The molecule has 0 radical (unpaired) electrons. The lowest BCUT2D eigenvalue weighted by Gasteiger charge is -2.27. The monoisotopic (exact) mass is 646 g/mol. The molecule has 44 heavy (non-hydrogen) atoms. The Morgan fingerprint density at radius 3 is 2.55 bits per heavy atom. The van der Waals surface area contributed by atoms with Gasteiger partial charge in [0.05, 0.1) is 12.5 Å². The predicted molar refractivity (Wildman–Crippen MR) is 170 cm³/mol. The van der Waals surface area contributed by atoms with Gasteiger partial charge in [0.15, 0.2) is 11.5 Å². The molecule has 10 heteroatoms. The average molecular weight is 648 g/mol. The average Bonchev–Trinajstić information content (AvgIpc) is 3.00. The minimum Gasteiger partial charge on any atom is -0.490 e. The van der Waals surface area contributed by atoms with Gasteiger partial charge in [-0.25, -0.2) is 4.79 Å². The lowest BCUT2D eigenvalue weighted by molar-refractivity contribution is -0.128. The van der Waals surface area contributed by atoms with Gasteiger partial charge in [-0.2, -0.15) is 5.26 Å². The number of hydrogen-bond acceptors (Lipinski definition) is 7. The van der Waals surface area contributed by atoms with Crippen molar-refractivity contribution in [2.75, 3.05) is 6.61 Å². The Kier molecular flexibility index (Phi) is 9.66. The van der Waals surface area contributed by atoms with Gasteiger partial charge in [0.1, 0.15) is 29.7 Å². The number of nitriles is 1. The normalized spacial score (nSPS) is 14.0. The van der Waals surface area contributed by atoms with Crippen molar-refractivity contribution in [3.05, 3.63) is 134 Å². The van der Waals surface area contributed by atoms with Crippen molar-refractivity contribution in [2.45, 2.75) is 19.4 Å². The molecule has 0 amide bonds. The molecule has 0 aromatic heterocycles. The number of carbonyl (C=O) groups is 1. The summed E-state index contributed by atoms with van der Waals surface area (Å²) < 4.78 is 23.2. The van der Waals surface area contributed by atoms with Crippen LogP contribution < -0.4 is 24.7 Å². The third kappa shape index (κ3) is 6.95. The van der Waals surface area contributed by atoms with Crippen molar-refractivity contribution >= 4 is 46.8 Å². The Hall–Kier alpha value is -4.61. The molecule has 0 saturated carbocycles. The highest BCUT2D eigenvalue weighted by molar-refractivity contribution is 6.35. The highest BCUT2D eigenvalue weighted by Crippen LogP contribution is 2.45. The summed E-state index contributed by atoms with van der Waals surface area (Å²) in [5.41, 5.74) is 9.26. The van der Waals surface area contributed by atoms with Crippen molar-refractivity contribution < 1.29 is 23.7 Å². The van der Waals surface area contributed by atoms with Crippen molar-refractivity contribution in [1.29, 1.82) is 5.26 Å². The van der Waals surface area contributed by atoms with E-state index >= 15 is 0 Å². The smallest absolute Gasteiger partial charge is 0.336 e. The Balaban J connectivity index is 1.41.